The van der Waals surface area contributed by atoms with Crippen LogP contribution in [0.2, 0.25) is 5.02 Å². The predicted molar refractivity (Wildman–Crippen MR) is 67.2 cm³/mol. The fourth-order valence-corrected chi connectivity index (χ4v) is 1.71. The molecule has 0 aliphatic heterocycles. The van der Waals surface area contributed by atoms with Crippen molar-refractivity contribution in [3.05, 3.63) is 29.3 Å². The summed E-state index contributed by atoms with van der Waals surface area (Å²) >= 11 is 5.73. The van der Waals surface area contributed by atoms with E-state index in [1.54, 1.807) is 24.3 Å². The average molecular weight is 265 g/mol. The molecule has 1 N–H and O–H groups in total. The Morgan fingerprint density at radius 2 is 2.17 bits per heavy atom. The van der Waals surface area contributed by atoms with Crippen molar-refractivity contribution in [3.8, 4) is 11.8 Å². The summed E-state index contributed by atoms with van der Waals surface area (Å²) in [6.07, 6.45) is 2.02. The molecule has 1 fully saturated rings. The van der Waals surface area contributed by atoms with Crippen molar-refractivity contribution in [2.45, 2.75) is 18.9 Å². The Hall–Kier alpha value is -1.73. The minimum Gasteiger partial charge on any atom is -0.484 e. The molecule has 94 valence electrons. The lowest BCUT2D eigenvalue weighted by atomic mass is 10.2. The van der Waals surface area contributed by atoms with Crippen LogP contribution in [0.5, 0.6) is 5.75 Å². The highest BCUT2D eigenvalue weighted by Gasteiger charge is 2.32. The summed E-state index contributed by atoms with van der Waals surface area (Å²) in [6.45, 7) is -0.0907. The quantitative estimate of drug-likeness (QED) is 0.886. The van der Waals surface area contributed by atoms with Gasteiger partial charge in [0.2, 0.25) is 0 Å². The number of hydrogen-bond donors (Lipinski definition) is 1. The Morgan fingerprint density at radius 1 is 1.50 bits per heavy atom. The van der Waals surface area contributed by atoms with Gasteiger partial charge in [0.1, 0.15) is 11.8 Å². The van der Waals surface area contributed by atoms with Crippen molar-refractivity contribution >= 4 is 17.5 Å². The van der Waals surface area contributed by atoms with Gasteiger partial charge in [0, 0.05) is 5.02 Å². The number of carbonyl (C=O) groups is 1. The number of hydrogen-bond acceptors (Lipinski definition) is 3. The molecule has 1 amide bonds. The lowest BCUT2D eigenvalue weighted by Crippen LogP contribution is -2.38. The van der Waals surface area contributed by atoms with Crippen LogP contribution in [0, 0.1) is 17.2 Å². The van der Waals surface area contributed by atoms with E-state index in [1.165, 1.54) is 0 Å². The molecular weight excluding hydrogens is 252 g/mol. The van der Waals surface area contributed by atoms with Crippen LogP contribution in [0.1, 0.15) is 12.8 Å². The molecule has 5 heteroatoms. The van der Waals surface area contributed by atoms with Gasteiger partial charge < -0.3 is 10.1 Å². The Labute approximate surface area is 111 Å². The molecule has 2 rings (SSSR count). The highest BCUT2D eigenvalue weighted by Crippen LogP contribution is 2.32. The van der Waals surface area contributed by atoms with Gasteiger partial charge in [-0.2, -0.15) is 5.26 Å². The Bertz CT molecular complexity index is 463. The van der Waals surface area contributed by atoms with Crippen LogP contribution in [0.15, 0.2) is 24.3 Å². The second kappa shape index (κ2) is 5.74. The molecule has 1 saturated carbocycles. The fraction of sp³-hybridized carbons (Fsp3) is 0.385. The number of ether oxygens (including phenoxy) is 1. The third kappa shape index (κ3) is 3.64. The number of nitrogens with one attached hydrogen (secondary N) is 1. The smallest absolute Gasteiger partial charge is 0.258 e. The number of halogens is 1. The monoisotopic (exact) mass is 264 g/mol. The zero-order valence-electron chi connectivity index (χ0n) is 9.73. The van der Waals surface area contributed by atoms with E-state index in [4.69, 9.17) is 21.6 Å². The van der Waals surface area contributed by atoms with Gasteiger partial charge in [-0.05, 0) is 43.0 Å². The first-order valence-corrected chi connectivity index (χ1v) is 6.14. The van der Waals surface area contributed by atoms with Crippen molar-refractivity contribution in [1.29, 1.82) is 5.26 Å². The number of benzene rings is 1. The minimum absolute atomic E-state index is 0.0907. The van der Waals surface area contributed by atoms with E-state index in [2.05, 4.69) is 11.4 Å². The number of nitriles is 1. The molecular formula is C13H13ClN2O2. The molecule has 1 atom stereocenters. The van der Waals surface area contributed by atoms with E-state index in [9.17, 15) is 4.79 Å². The van der Waals surface area contributed by atoms with E-state index >= 15 is 0 Å². The lowest BCUT2D eigenvalue weighted by molar-refractivity contribution is -0.123. The molecule has 1 aromatic rings. The van der Waals surface area contributed by atoms with Crippen molar-refractivity contribution in [2.75, 3.05) is 6.61 Å². The number of amides is 1. The Balaban J connectivity index is 1.77. The topological polar surface area (TPSA) is 62.1 Å². The molecule has 0 saturated heterocycles. The van der Waals surface area contributed by atoms with Crippen LogP contribution in [0.3, 0.4) is 0 Å². The Morgan fingerprint density at radius 3 is 2.72 bits per heavy atom. The maximum absolute atomic E-state index is 11.6. The van der Waals surface area contributed by atoms with Gasteiger partial charge in [-0.1, -0.05) is 11.6 Å². The van der Waals surface area contributed by atoms with Gasteiger partial charge in [0.15, 0.2) is 6.61 Å². The predicted octanol–water partition coefficient (Wildman–Crippen LogP) is 2.14. The summed E-state index contributed by atoms with van der Waals surface area (Å²) in [5.74, 6) is 0.618. The van der Waals surface area contributed by atoms with Gasteiger partial charge in [-0.3, -0.25) is 4.79 Å². The van der Waals surface area contributed by atoms with Crippen LogP contribution in [-0.4, -0.2) is 18.6 Å². The third-order valence-electron chi connectivity index (χ3n) is 2.73. The van der Waals surface area contributed by atoms with Crippen LogP contribution in [0.4, 0.5) is 0 Å². The van der Waals surface area contributed by atoms with Crippen LogP contribution < -0.4 is 10.1 Å². The van der Waals surface area contributed by atoms with E-state index in [0.29, 0.717) is 16.7 Å². The summed E-state index contributed by atoms with van der Waals surface area (Å²) in [4.78, 5) is 11.6. The maximum atomic E-state index is 11.6. The first kappa shape index (κ1) is 12.7. The summed E-state index contributed by atoms with van der Waals surface area (Å²) in [6, 6.07) is 8.48. The fourth-order valence-electron chi connectivity index (χ4n) is 1.58. The van der Waals surface area contributed by atoms with Crippen molar-refractivity contribution < 1.29 is 9.53 Å². The number of nitrogens with zero attached hydrogens (tertiary/aromatic N) is 1. The van der Waals surface area contributed by atoms with Crippen LogP contribution >= 0.6 is 11.6 Å². The van der Waals surface area contributed by atoms with Crippen LogP contribution in [-0.2, 0) is 4.79 Å². The maximum Gasteiger partial charge on any atom is 0.258 e. The number of rotatable bonds is 5. The van der Waals surface area contributed by atoms with Crippen molar-refractivity contribution in [2.24, 2.45) is 5.92 Å². The summed E-state index contributed by atoms with van der Waals surface area (Å²) in [5.41, 5.74) is 0. The molecule has 1 aliphatic rings. The van der Waals surface area contributed by atoms with Gasteiger partial charge in [-0.15, -0.1) is 0 Å². The molecule has 0 spiro atoms. The van der Waals surface area contributed by atoms with E-state index in [0.717, 1.165) is 12.8 Å². The second-order valence-electron chi connectivity index (χ2n) is 4.25. The second-order valence-corrected chi connectivity index (χ2v) is 4.69. The normalized spacial score (nSPS) is 15.6. The highest BCUT2D eigenvalue weighted by molar-refractivity contribution is 6.30. The first-order valence-electron chi connectivity index (χ1n) is 5.76. The number of carbonyl (C=O) groups excluding carboxylic acids is 1. The minimum atomic E-state index is -0.383. The summed E-state index contributed by atoms with van der Waals surface area (Å²) < 4.78 is 5.29. The molecule has 1 aliphatic carbocycles. The van der Waals surface area contributed by atoms with Gasteiger partial charge in [0.25, 0.3) is 5.91 Å². The third-order valence-corrected chi connectivity index (χ3v) is 2.98. The van der Waals surface area contributed by atoms with Gasteiger partial charge in [0.05, 0.1) is 6.07 Å². The summed E-state index contributed by atoms with van der Waals surface area (Å²) in [5, 5.41) is 12.2. The zero-order valence-corrected chi connectivity index (χ0v) is 10.5. The highest BCUT2D eigenvalue weighted by atomic mass is 35.5. The molecule has 1 unspecified atom stereocenters. The molecule has 4 nitrogen and oxygen atoms in total. The molecule has 1 aromatic carbocycles. The largest absolute Gasteiger partial charge is 0.484 e. The SMILES string of the molecule is N#CC(NC(=O)COc1ccc(Cl)cc1)C1CC1. The Kier molecular flexibility index (Phi) is 4.06. The zero-order chi connectivity index (χ0) is 13.0. The van der Waals surface area contributed by atoms with Crippen LogP contribution in [0.25, 0.3) is 0 Å². The molecule has 0 radical (unpaired) electrons. The standard InChI is InChI=1S/C13H13ClN2O2/c14-10-3-5-11(6-4-10)18-8-13(17)16-12(7-15)9-1-2-9/h3-6,9,12H,1-2,8H2,(H,16,17). The van der Waals surface area contributed by atoms with Crippen molar-refractivity contribution in [1.82, 2.24) is 5.32 Å². The average Bonchev–Trinajstić information content (AvgIpc) is 3.19. The van der Waals surface area contributed by atoms with Crippen molar-refractivity contribution in [3.63, 3.8) is 0 Å². The molecule has 0 heterocycles. The molecule has 0 bridgehead atoms. The van der Waals surface area contributed by atoms with E-state index < -0.39 is 0 Å². The summed E-state index contributed by atoms with van der Waals surface area (Å²) in [7, 11) is 0. The van der Waals surface area contributed by atoms with E-state index in [-0.39, 0.29) is 18.6 Å². The van der Waals surface area contributed by atoms with Gasteiger partial charge in [-0.25, -0.2) is 0 Å². The molecule has 0 aromatic heterocycles. The first-order chi connectivity index (χ1) is 8.69. The lowest BCUT2D eigenvalue weighted by Gasteiger charge is -2.11. The van der Waals surface area contributed by atoms with Gasteiger partial charge >= 0.3 is 0 Å². The van der Waals surface area contributed by atoms with E-state index in [1.807, 2.05) is 0 Å². The molecule has 18 heavy (non-hydrogen) atoms.